The SMILES string of the molecule is CCOc1ccc(Oc2ncc(Oc3ccc(C(C)NC(C)=O)cc3)s2)c(CC)c1. The smallest absolute Gasteiger partial charge is 0.282 e. The fourth-order valence-corrected chi connectivity index (χ4v) is 3.60. The summed E-state index contributed by atoms with van der Waals surface area (Å²) in [6.07, 6.45) is 2.47. The van der Waals surface area contributed by atoms with Crippen molar-refractivity contribution < 1.29 is 19.0 Å². The molecule has 0 aliphatic carbocycles. The Bertz CT molecular complexity index is 985. The van der Waals surface area contributed by atoms with E-state index >= 15 is 0 Å². The second-order valence-corrected chi connectivity index (χ2v) is 7.65. The van der Waals surface area contributed by atoms with Crippen LogP contribution in [0.3, 0.4) is 0 Å². The summed E-state index contributed by atoms with van der Waals surface area (Å²) in [5.41, 5.74) is 2.07. The summed E-state index contributed by atoms with van der Waals surface area (Å²) in [5.74, 6) is 2.23. The maximum absolute atomic E-state index is 11.2. The number of amides is 1. The first kappa shape index (κ1) is 21.6. The maximum Gasteiger partial charge on any atom is 0.282 e. The molecule has 0 saturated carbocycles. The molecule has 0 radical (unpaired) electrons. The summed E-state index contributed by atoms with van der Waals surface area (Å²) < 4.78 is 17.4. The molecule has 0 bridgehead atoms. The number of aryl methyl sites for hydroxylation is 1. The maximum atomic E-state index is 11.2. The third kappa shape index (κ3) is 5.73. The number of carbonyl (C=O) groups excluding carboxylic acids is 1. The van der Waals surface area contributed by atoms with Crippen LogP contribution in [-0.4, -0.2) is 17.5 Å². The van der Waals surface area contributed by atoms with Gasteiger partial charge in [-0.25, -0.2) is 4.98 Å². The number of nitrogens with zero attached hydrogens (tertiary/aromatic N) is 1. The third-order valence-electron chi connectivity index (χ3n) is 4.40. The summed E-state index contributed by atoms with van der Waals surface area (Å²) in [4.78, 5) is 15.5. The van der Waals surface area contributed by atoms with Crippen molar-refractivity contribution in [2.45, 2.75) is 40.2 Å². The van der Waals surface area contributed by atoms with Gasteiger partial charge in [-0.2, -0.15) is 0 Å². The van der Waals surface area contributed by atoms with Gasteiger partial charge in [0.15, 0.2) is 0 Å². The molecule has 1 N–H and O–H groups in total. The number of aromatic nitrogens is 1. The van der Waals surface area contributed by atoms with Gasteiger partial charge in [0.05, 0.1) is 18.8 Å². The van der Waals surface area contributed by atoms with E-state index in [9.17, 15) is 4.79 Å². The standard InChI is InChI=1S/C23H26N2O4S/c1-5-17-13-20(27-6-2)11-12-21(17)29-23-24-14-22(30-23)28-19-9-7-18(8-10-19)15(3)25-16(4)26/h7-15H,5-6H2,1-4H3,(H,25,26). The summed E-state index contributed by atoms with van der Waals surface area (Å²) in [6, 6.07) is 13.3. The molecule has 0 aliphatic rings. The number of rotatable bonds is 9. The van der Waals surface area contributed by atoms with Gasteiger partial charge in [0, 0.05) is 6.92 Å². The minimum Gasteiger partial charge on any atom is -0.494 e. The van der Waals surface area contributed by atoms with Crippen molar-refractivity contribution >= 4 is 17.2 Å². The molecule has 7 heteroatoms. The molecule has 1 atom stereocenters. The number of nitrogens with one attached hydrogen (secondary N) is 1. The number of thiazole rings is 1. The number of carbonyl (C=O) groups is 1. The van der Waals surface area contributed by atoms with Crippen molar-refractivity contribution in [3.8, 4) is 27.5 Å². The van der Waals surface area contributed by atoms with E-state index in [0.717, 1.165) is 29.0 Å². The molecule has 158 valence electrons. The Hall–Kier alpha value is -3.06. The van der Waals surface area contributed by atoms with Gasteiger partial charge in [-0.1, -0.05) is 19.1 Å². The summed E-state index contributed by atoms with van der Waals surface area (Å²) >= 11 is 1.33. The first-order chi connectivity index (χ1) is 14.5. The summed E-state index contributed by atoms with van der Waals surface area (Å²) in [6.45, 7) is 8.11. The van der Waals surface area contributed by atoms with Crippen LogP contribution in [0.2, 0.25) is 0 Å². The molecule has 30 heavy (non-hydrogen) atoms. The molecule has 3 rings (SSSR count). The summed E-state index contributed by atoms with van der Waals surface area (Å²) in [5, 5.41) is 4.01. The van der Waals surface area contributed by atoms with Crippen molar-refractivity contribution in [2.24, 2.45) is 0 Å². The predicted octanol–water partition coefficient (Wildman–Crippen LogP) is 5.89. The van der Waals surface area contributed by atoms with Crippen molar-refractivity contribution in [3.05, 3.63) is 59.8 Å². The molecule has 0 aliphatic heterocycles. The average molecular weight is 427 g/mol. The number of ether oxygens (including phenoxy) is 3. The van der Waals surface area contributed by atoms with Crippen LogP contribution in [0.1, 0.15) is 44.9 Å². The third-order valence-corrected chi connectivity index (χ3v) is 5.16. The molecule has 1 amide bonds. The number of hydrogen-bond donors (Lipinski definition) is 1. The fourth-order valence-electron chi connectivity index (χ4n) is 2.95. The van der Waals surface area contributed by atoms with Gasteiger partial charge >= 0.3 is 0 Å². The second kappa shape index (κ2) is 10.1. The Labute approximate surface area is 180 Å². The highest BCUT2D eigenvalue weighted by Crippen LogP contribution is 2.36. The van der Waals surface area contributed by atoms with Crippen LogP contribution in [0.4, 0.5) is 0 Å². The topological polar surface area (TPSA) is 69.7 Å². The molecule has 0 saturated heterocycles. The minimum absolute atomic E-state index is 0.0539. The van der Waals surface area contributed by atoms with E-state index < -0.39 is 0 Å². The minimum atomic E-state index is -0.0567. The highest BCUT2D eigenvalue weighted by Gasteiger charge is 2.11. The monoisotopic (exact) mass is 426 g/mol. The van der Waals surface area contributed by atoms with Crippen molar-refractivity contribution in [1.82, 2.24) is 10.3 Å². The van der Waals surface area contributed by atoms with Crippen LogP contribution >= 0.6 is 11.3 Å². The fraction of sp³-hybridized carbons (Fsp3) is 0.304. The molecule has 1 unspecified atom stereocenters. The quantitative estimate of drug-likeness (QED) is 0.462. The summed E-state index contributed by atoms with van der Waals surface area (Å²) in [7, 11) is 0. The zero-order valence-corrected chi connectivity index (χ0v) is 18.4. The lowest BCUT2D eigenvalue weighted by Gasteiger charge is -2.13. The molecule has 3 aromatic rings. The van der Waals surface area contributed by atoms with Gasteiger partial charge in [0.25, 0.3) is 5.19 Å². The molecule has 6 nitrogen and oxygen atoms in total. The molecular weight excluding hydrogens is 400 g/mol. The Morgan fingerprint density at radius 1 is 1.10 bits per heavy atom. The van der Waals surface area contributed by atoms with E-state index in [0.29, 0.717) is 22.6 Å². The van der Waals surface area contributed by atoms with Crippen LogP contribution in [0.15, 0.2) is 48.7 Å². The van der Waals surface area contributed by atoms with Gasteiger partial charge in [0.1, 0.15) is 17.2 Å². The Balaban J connectivity index is 1.65. The van der Waals surface area contributed by atoms with Gasteiger partial charge < -0.3 is 19.5 Å². The van der Waals surface area contributed by atoms with Gasteiger partial charge in [-0.3, -0.25) is 4.79 Å². The van der Waals surface area contributed by atoms with Crippen LogP contribution in [-0.2, 0) is 11.2 Å². The lowest BCUT2D eigenvalue weighted by Crippen LogP contribution is -2.23. The zero-order chi connectivity index (χ0) is 21.5. The molecule has 0 spiro atoms. The normalized spacial score (nSPS) is 11.6. The van der Waals surface area contributed by atoms with Crippen LogP contribution in [0.5, 0.6) is 27.5 Å². The van der Waals surface area contributed by atoms with Gasteiger partial charge in [-0.15, -0.1) is 0 Å². The molecule has 0 fully saturated rings. The van der Waals surface area contributed by atoms with E-state index in [1.165, 1.54) is 18.3 Å². The van der Waals surface area contributed by atoms with Crippen LogP contribution < -0.4 is 19.5 Å². The molecule has 1 aromatic heterocycles. The Morgan fingerprint density at radius 2 is 1.83 bits per heavy atom. The number of hydrogen-bond acceptors (Lipinski definition) is 6. The average Bonchev–Trinajstić information content (AvgIpc) is 3.16. The van der Waals surface area contributed by atoms with Gasteiger partial charge in [0.2, 0.25) is 11.0 Å². The zero-order valence-electron chi connectivity index (χ0n) is 17.6. The number of benzene rings is 2. The molecule has 2 aromatic carbocycles. The Kier molecular flexibility index (Phi) is 7.30. The van der Waals surface area contributed by atoms with E-state index in [1.54, 1.807) is 6.20 Å². The van der Waals surface area contributed by atoms with Gasteiger partial charge in [-0.05, 0) is 73.1 Å². The van der Waals surface area contributed by atoms with E-state index in [-0.39, 0.29) is 11.9 Å². The predicted molar refractivity (Wildman–Crippen MR) is 118 cm³/mol. The highest BCUT2D eigenvalue weighted by molar-refractivity contribution is 7.15. The van der Waals surface area contributed by atoms with Crippen LogP contribution in [0, 0.1) is 0 Å². The van der Waals surface area contributed by atoms with E-state index in [4.69, 9.17) is 14.2 Å². The lowest BCUT2D eigenvalue weighted by molar-refractivity contribution is -0.119. The first-order valence-corrected chi connectivity index (χ1v) is 10.7. The molecular formula is C23H26N2O4S. The van der Waals surface area contributed by atoms with Crippen molar-refractivity contribution in [1.29, 1.82) is 0 Å². The lowest BCUT2D eigenvalue weighted by atomic mass is 10.1. The van der Waals surface area contributed by atoms with Crippen LogP contribution in [0.25, 0.3) is 0 Å². The van der Waals surface area contributed by atoms with Crippen molar-refractivity contribution in [3.63, 3.8) is 0 Å². The molecule has 1 heterocycles. The van der Waals surface area contributed by atoms with Crippen molar-refractivity contribution in [2.75, 3.05) is 6.61 Å². The largest absolute Gasteiger partial charge is 0.494 e. The second-order valence-electron chi connectivity index (χ2n) is 6.70. The highest BCUT2D eigenvalue weighted by atomic mass is 32.1. The van der Waals surface area contributed by atoms with E-state index in [2.05, 4.69) is 17.2 Å². The Morgan fingerprint density at radius 3 is 2.50 bits per heavy atom. The van der Waals surface area contributed by atoms with E-state index in [1.807, 2.05) is 56.3 Å². The first-order valence-electron chi connectivity index (χ1n) is 9.92.